The van der Waals surface area contributed by atoms with Crippen LogP contribution in [-0.2, 0) is 0 Å². The summed E-state index contributed by atoms with van der Waals surface area (Å²) in [6.45, 7) is 5.44. The number of aromatic amines is 1. The maximum atomic E-state index is 13.3. The second kappa shape index (κ2) is 5.06. The fourth-order valence-electron chi connectivity index (χ4n) is 2.99. The summed E-state index contributed by atoms with van der Waals surface area (Å²) in [6, 6.07) is 5.23. The van der Waals surface area contributed by atoms with Crippen LogP contribution in [0.4, 0.5) is 4.39 Å². The number of rotatable bonds is 2. The molecule has 0 bridgehead atoms. The molecule has 1 N–H and O–H groups in total. The zero-order valence-electron chi connectivity index (χ0n) is 11.0. The van der Waals surface area contributed by atoms with Gasteiger partial charge in [-0.15, -0.1) is 0 Å². The van der Waals surface area contributed by atoms with Crippen LogP contribution < -0.4 is 0 Å². The van der Waals surface area contributed by atoms with Crippen LogP contribution in [-0.4, -0.2) is 34.1 Å². The highest BCUT2D eigenvalue weighted by Crippen LogP contribution is 2.26. The molecule has 3 rings (SSSR count). The molecular weight excluding hydrogens is 261 g/mol. The molecule has 5 heteroatoms. The number of likely N-dealkylation sites (N-methyl/N-ethyl adjacent to an activating group) is 1. The molecule has 2 heterocycles. The molecule has 0 amide bonds. The van der Waals surface area contributed by atoms with Gasteiger partial charge < -0.3 is 14.5 Å². The van der Waals surface area contributed by atoms with Gasteiger partial charge in [0.25, 0.3) is 0 Å². The lowest BCUT2D eigenvalue weighted by molar-refractivity contribution is 0.187. The highest BCUT2D eigenvalue weighted by atomic mass is 32.1. The van der Waals surface area contributed by atoms with E-state index in [1.807, 2.05) is 6.07 Å². The zero-order valence-corrected chi connectivity index (χ0v) is 11.8. The second-order valence-electron chi connectivity index (χ2n) is 5.15. The minimum atomic E-state index is -0.227. The van der Waals surface area contributed by atoms with Gasteiger partial charge in [0.05, 0.1) is 11.0 Å². The molecule has 0 spiro atoms. The number of benzene rings is 1. The third-order valence-corrected chi connectivity index (χ3v) is 4.27. The molecule has 1 aliphatic rings. The standard InChI is InChI=1S/C14H18FN3S/c1-2-17-7-3-4-11(9-17)18-13-6-5-10(15)8-12(13)16-14(18)19/h5-6,8,11H,2-4,7,9H2,1H3,(H,16,19). The van der Waals surface area contributed by atoms with Crippen molar-refractivity contribution in [2.75, 3.05) is 19.6 Å². The van der Waals surface area contributed by atoms with Crippen LogP contribution in [0.2, 0.25) is 0 Å². The van der Waals surface area contributed by atoms with Crippen molar-refractivity contribution >= 4 is 23.3 Å². The molecule has 0 radical (unpaired) electrons. The Kier molecular flexibility index (Phi) is 3.41. The Morgan fingerprint density at radius 1 is 1.47 bits per heavy atom. The highest BCUT2D eigenvalue weighted by molar-refractivity contribution is 7.71. The first-order valence-electron chi connectivity index (χ1n) is 6.81. The predicted molar refractivity (Wildman–Crippen MR) is 77.5 cm³/mol. The second-order valence-corrected chi connectivity index (χ2v) is 5.54. The topological polar surface area (TPSA) is 24.0 Å². The van der Waals surface area contributed by atoms with Gasteiger partial charge in [0.2, 0.25) is 0 Å². The van der Waals surface area contributed by atoms with E-state index >= 15 is 0 Å². The fourth-order valence-corrected chi connectivity index (χ4v) is 3.35. The molecule has 102 valence electrons. The van der Waals surface area contributed by atoms with Crippen LogP contribution in [0, 0.1) is 10.6 Å². The molecule has 1 aromatic carbocycles. The first-order valence-corrected chi connectivity index (χ1v) is 7.22. The van der Waals surface area contributed by atoms with Gasteiger partial charge in [-0.1, -0.05) is 6.92 Å². The summed E-state index contributed by atoms with van der Waals surface area (Å²) in [5, 5.41) is 0. The highest BCUT2D eigenvalue weighted by Gasteiger charge is 2.22. The number of hydrogen-bond acceptors (Lipinski definition) is 2. The first-order chi connectivity index (χ1) is 9.19. The summed E-state index contributed by atoms with van der Waals surface area (Å²) >= 11 is 5.42. The number of hydrogen-bond donors (Lipinski definition) is 1. The van der Waals surface area contributed by atoms with Gasteiger partial charge in [-0.2, -0.15) is 0 Å². The average Bonchev–Trinajstić information content (AvgIpc) is 2.73. The average molecular weight is 279 g/mol. The van der Waals surface area contributed by atoms with Gasteiger partial charge in [0.1, 0.15) is 5.82 Å². The first kappa shape index (κ1) is 12.8. The largest absolute Gasteiger partial charge is 0.330 e. The Hall–Kier alpha value is -1.20. The molecule has 0 saturated carbocycles. The van der Waals surface area contributed by atoms with E-state index in [1.54, 1.807) is 0 Å². The van der Waals surface area contributed by atoms with Crippen LogP contribution in [0.1, 0.15) is 25.8 Å². The van der Waals surface area contributed by atoms with Gasteiger partial charge in [-0.3, -0.25) is 0 Å². The van der Waals surface area contributed by atoms with Crippen LogP contribution in [0.25, 0.3) is 11.0 Å². The third-order valence-electron chi connectivity index (χ3n) is 3.97. The van der Waals surface area contributed by atoms with Crippen LogP contribution in [0.3, 0.4) is 0 Å². The summed E-state index contributed by atoms with van der Waals surface area (Å²) < 4.78 is 16.1. The molecule has 1 aliphatic heterocycles. The third kappa shape index (κ3) is 2.32. The van der Waals surface area contributed by atoms with E-state index in [9.17, 15) is 4.39 Å². The minimum absolute atomic E-state index is 0.227. The van der Waals surface area contributed by atoms with Gasteiger partial charge >= 0.3 is 0 Å². The fraction of sp³-hybridized carbons (Fsp3) is 0.500. The summed E-state index contributed by atoms with van der Waals surface area (Å²) in [6.07, 6.45) is 2.32. The van der Waals surface area contributed by atoms with Gasteiger partial charge in [0, 0.05) is 12.6 Å². The monoisotopic (exact) mass is 279 g/mol. The van der Waals surface area contributed by atoms with E-state index in [4.69, 9.17) is 12.2 Å². The molecule has 2 aromatic rings. The van der Waals surface area contributed by atoms with Gasteiger partial charge in [-0.05, 0) is 56.3 Å². The van der Waals surface area contributed by atoms with Gasteiger partial charge in [-0.25, -0.2) is 4.39 Å². The molecule has 1 unspecified atom stereocenters. The Labute approximate surface area is 117 Å². The lowest BCUT2D eigenvalue weighted by atomic mass is 10.1. The lowest BCUT2D eigenvalue weighted by Gasteiger charge is -2.32. The Morgan fingerprint density at radius 3 is 3.11 bits per heavy atom. The molecule has 0 aliphatic carbocycles. The summed E-state index contributed by atoms with van der Waals surface area (Å²) in [5.41, 5.74) is 1.80. The minimum Gasteiger partial charge on any atom is -0.330 e. The molecule has 1 aromatic heterocycles. The summed E-state index contributed by atoms with van der Waals surface area (Å²) in [7, 11) is 0. The molecule has 1 fully saturated rings. The van der Waals surface area contributed by atoms with Crippen molar-refractivity contribution in [3.05, 3.63) is 28.8 Å². The quantitative estimate of drug-likeness (QED) is 0.851. The van der Waals surface area contributed by atoms with E-state index in [-0.39, 0.29) is 5.82 Å². The number of nitrogens with one attached hydrogen (secondary N) is 1. The number of nitrogens with zero attached hydrogens (tertiary/aromatic N) is 2. The van der Waals surface area contributed by atoms with Crippen molar-refractivity contribution < 1.29 is 4.39 Å². The summed E-state index contributed by atoms with van der Waals surface area (Å²) in [4.78, 5) is 5.56. The number of imidazole rings is 1. The van der Waals surface area contributed by atoms with Crippen molar-refractivity contribution in [2.24, 2.45) is 0 Å². The van der Waals surface area contributed by atoms with Crippen molar-refractivity contribution in [1.82, 2.24) is 14.5 Å². The number of halogens is 1. The van der Waals surface area contributed by atoms with Crippen molar-refractivity contribution in [2.45, 2.75) is 25.8 Å². The smallest absolute Gasteiger partial charge is 0.178 e. The number of fused-ring (bicyclic) bond motifs is 1. The van der Waals surface area contributed by atoms with E-state index in [1.165, 1.54) is 18.6 Å². The Bertz CT molecular complexity index is 646. The van der Waals surface area contributed by atoms with Crippen molar-refractivity contribution in [1.29, 1.82) is 0 Å². The molecular formula is C14H18FN3S. The molecule has 1 atom stereocenters. The normalized spacial score (nSPS) is 21.1. The number of likely N-dealkylation sites (tertiary alicyclic amines) is 1. The maximum absolute atomic E-state index is 13.3. The van der Waals surface area contributed by atoms with E-state index in [0.717, 1.165) is 37.1 Å². The van der Waals surface area contributed by atoms with E-state index in [0.29, 0.717) is 10.8 Å². The Balaban J connectivity index is 2.04. The predicted octanol–water partition coefficient (Wildman–Crippen LogP) is 3.49. The lowest BCUT2D eigenvalue weighted by Crippen LogP contribution is -2.36. The number of aromatic nitrogens is 2. The van der Waals surface area contributed by atoms with Gasteiger partial charge in [0.15, 0.2) is 4.77 Å². The van der Waals surface area contributed by atoms with Crippen LogP contribution >= 0.6 is 12.2 Å². The number of piperidine rings is 1. The molecule has 1 saturated heterocycles. The summed E-state index contributed by atoms with van der Waals surface area (Å²) in [5.74, 6) is -0.227. The van der Waals surface area contributed by atoms with Crippen LogP contribution in [0.5, 0.6) is 0 Å². The maximum Gasteiger partial charge on any atom is 0.178 e. The van der Waals surface area contributed by atoms with E-state index < -0.39 is 0 Å². The SMILES string of the molecule is CCN1CCCC(n2c(=S)[nH]c3cc(F)ccc32)C1. The Morgan fingerprint density at radius 2 is 2.32 bits per heavy atom. The molecule has 3 nitrogen and oxygen atoms in total. The van der Waals surface area contributed by atoms with Crippen molar-refractivity contribution in [3.8, 4) is 0 Å². The number of H-pyrrole nitrogens is 1. The van der Waals surface area contributed by atoms with Crippen LogP contribution in [0.15, 0.2) is 18.2 Å². The molecule has 19 heavy (non-hydrogen) atoms. The van der Waals surface area contributed by atoms with E-state index in [2.05, 4.69) is 21.4 Å². The zero-order chi connectivity index (χ0) is 13.4. The van der Waals surface area contributed by atoms with Crippen molar-refractivity contribution in [3.63, 3.8) is 0 Å².